The van der Waals surface area contributed by atoms with Gasteiger partial charge in [-0.05, 0) is 35.7 Å². The van der Waals surface area contributed by atoms with Crippen LogP contribution in [-0.2, 0) is 13.6 Å². The van der Waals surface area contributed by atoms with Gasteiger partial charge in [-0.25, -0.2) is 4.52 Å². The number of fused-ring (bicyclic) bond motifs is 2. The van der Waals surface area contributed by atoms with Gasteiger partial charge in [0.1, 0.15) is 0 Å². The van der Waals surface area contributed by atoms with Crippen molar-refractivity contribution in [2.45, 2.75) is 6.54 Å². The predicted octanol–water partition coefficient (Wildman–Crippen LogP) is 3.16. The van der Waals surface area contributed by atoms with E-state index in [4.69, 9.17) is 0 Å². The minimum Gasteiger partial charge on any atom is -0.345 e. The number of aryl methyl sites for hydroxylation is 1. The molecule has 4 aromatic rings. The summed E-state index contributed by atoms with van der Waals surface area (Å²) in [4.78, 5) is 14.4. The molecule has 0 aromatic carbocycles. The molecule has 23 heavy (non-hydrogen) atoms. The first kappa shape index (κ1) is 14.0. The molecule has 0 atom stereocenters. The summed E-state index contributed by atoms with van der Waals surface area (Å²) < 4.78 is 5.15. The Morgan fingerprint density at radius 1 is 1.30 bits per heavy atom. The number of amides is 1. The summed E-state index contributed by atoms with van der Waals surface area (Å²) in [6, 6.07) is 9.84. The summed E-state index contributed by atoms with van der Waals surface area (Å²) in [7, 11) is 3.88. The second kappa shape index (κ2) is 5.24. The number of aromatic nitrogens is 3. The standard InChI is InChI=1S/C17H16N4OS/c1-19(11-14-10-16-15(20(14)2)5-8-23-16)17(22)12-4-7-21-13(9-12)3-6-18-21/h3-10H,11H2,1-2H3. The molecular formula is C17H16N4OS. The Labute approximate surface area is 137 Å². The summed E-state index contributed by atoms with van der Waals surface area (Å²) in [5.74, 6) is 0.0123. The highest BCUT2D eigenvalue weighted by Gasteiger charge is 2.15. The molecule has 4 heterocycles. The maximum atomic E-state index is 12.7. The van der Waals surface area contributed by atoms with Gasteiger partial charge < -0.3 is 9.47 Å². The second-order valence-electron chi connectivity index (χ2n) is 5.64. The molecule has 0 aliphatic carbocycles. The summed E-state index contributed by atoms with van der Waals surface area (Å²) in [6.45, 7) is 0.584. The van der Waals surface area contributed by atoms with Gasteiger partial charge in [0.05, 0.1) is 22.3 Å². The molecule has 0 fully saturated rings. The molecule has 0 N–H and O–H groups in total. The van der Waals surface area contributed by atoms with Crippen molar-refractivity contribution in [3.63, 3.8) is 0 Å². The van der Waals surface area contributed by atoms with Crippen molar-refractivity contribution in [3.8, 4) is 0 Å². The Bertz CT molecular complexity index is 1010. The van der Waals surface area contributed by atoms with Gasteiger partial charge in [0, 0.05) is 37.7 Å². The Morgan fingerprint density at radius 2 is 2.17 bits per heavy atom. The average molecular weight is 324 g/mol. The van der Waals surface area contributed by atoms with Crippen LogP contribution >= 0.6 is 11.3 Å². The highest BCUT2D eigenvalue weighted by atomic mass is 32.1. The number of thiophene rings is 1. The van der Waals surface area contributed by atoms with Gasteiger partial charge in [-0.15, -0.1) is 11.3 Å². The van der Waals surface area contributed by atoms with Crippen molar-refractivity contribution >= 4 is 33.0 Å². The molecule has 0 aliphatic heterocycles. The van der Waals surface area contributed by atoms with E-state index >= 15 is 0 Å². The quantitative estimate of drug-likeness (QED) is 0.581. The van der Waals surface area contributed by atoms with Gasteiger partial charge in [-0.1, -0.05) is 0 Å². The Hall–Kier alpha value is -2.60. The van der Waals surface area contributed by atoms with E-state index < -0.39 is 0 Å². The lowest BCUT2D eigenvalue weighted by Gasteiger charge is -2.18. The summed E-state index contributed by atoms with van der Waals surface area (Å²) in [6.07, 6.45) is 3.54. The lowest BCUT2D eigenvalue weighted by atomic mass is 10.2. The molecular weight excluding hydrogens is 308 g/mol. The van der Waals surface area contributed by atoms with Gasteiger partial charge >= 0.3 is 0 Å². The van der Waals surface area contributed by atoms with Crippen molar-refractivity contribution in [1.29, 1.82) is 0 Å². The minimum atomic E-state index is 0.0123. The van der Waals surface area contributed by atoms with E-state index in [0.717, 1.165) is 11.2 Å². The number of carbonyl (C=O) groups excluding carboxylic acids is 1. The molecule has 0 aliphatic rings. The molecule has 5 nitrogen and oxygen atoms in total. The molecule has 0 saturated carbocycles. The van der Waals surface area contributed by atoms with Crippen LogP contribution in [-0.4, -0.2) is 32.0 Å². The first-order valence-corrected chi connectivity index (χ1v) is 8.22. The second-order valence-corrected chi connectivity index (χ2v) is 6.59. The highest BCUT2D eigenvalue weighted by molar-refractivity contribution is 7.17. The summed E-state index contributed by atoms with van der Waals surface area (Å²) in [5, 5.41) is 6.24. The fraction of sp³-hybridized carbons (Fsp3) is 0.176. The fourth-order valence-corrected chi connectivity index (χ4v) is 3.72. The van der Waals surface area contributed by atoms with E-state index in [1.165, 1.54) is 10.2 Å². The molecule has 0 bridgehead atoms. The largest absolute Gasteiger partial charge is 0.345 e. The van der Waals surface area contributed by atoms with Crippen LogP contribution in [0.1, 0.15) is 16.1 Å². The van der Waals surface area contributed by atoms with Crippen molar-refractivity contribution < 1.29 is 4.79 Å². The van der Waals surface area contributed by atoms with E-state index in [9.17, 15) is 4.79 Å². The highest BCUT2D eigenvalue weighted by Crippen LogP contribution is 2.25. The van der Waals surface area contributed by atoms with Crippen molar-refractivity contribution in [3.05, 3.63) is 59.4 Å². The molecule has 0 unspecified atom stereocenters. The van der Waals surface area contributed by atoms with Crippen LogP contribution in [0.2, 0.25) is 0 Å². The summed E-state index contributed by atoms with van der Waals surface area (Å²) >= 11 is 1.72. The van der Waals surface area contributed by atoms with E-state index in [2.05, 4.69) is 27.2 Å². The molecule has 116 valence electrons. The van der Waals surface area contributed by atoms with Gasteiger partial charge in [0.25, 0.3) is 5.91 Å². The third kappa shape index (κ3) is 2.31. The maximum absolute atomic E-state index is 12.7. The maximum Gasteiger partial charge on any atom is 0.254 e. The first-order valence-electron chi connectivity index (χ1n) is 7.34. The van der Waals surface area contributed by atoms with Crippen LogP contribution in [0.5, 0.6) is 0 Å². The number of carbonyl (C=O) groups is 1. The van der Waals surface area contributed by atoms with Crippen LogP contribution in [0.3, 0.4) is 0 Å². The molecule has 0 spiro atoms. The lowest BCUT2D eigenvalue weighted by Crippen LogP contribution is -2.27. The van der Waals surface area contributed by atoms with Crippen molar-refractivity contribution in [2.75, 3.05) is 7.05 Å². The molecule has 4 aromatic heterocycles. The van der Waals surface area contributed by atoms with E-state index in [-0.39, 0.29) is 5.91 Å². The zero-order valence-electron chi connectivity index (χ0n) is 12.9. The third-order valence-corrected chi connectivity index (χ3v) is 5.01. The van der Waals surface area contributed by atoms with E-state index in [0.29, 0.717) is 12.1 Å². The van der Waals surface area contributed by atoms with Crippen molar-refractivity contribution in [2.24, 2.45) is 7.05 Å². The average Bonchev–Trinajstić information content (AvgIpc) is 3.25. The first-order chi connectivity index (χ1) is 11.1. The summed E-state index contributed by atoms with van der Waals surface area (Å²) in [5.41, 5.74) is 3.94. The molecule has 0 saturated heterocycles. The molecule has 6 heteroatoms. The predicted molar refractivity (Wildman–Crippen MR) is 91.8 cm³/mol. The van der Waals surface area contributed by atoms with Gasteiger partial charge in [-0.3, -0.25) is 4.79 Å². The minimum absolute atomic E-state index is 0.0123. The molecule has 0 radical (unpaired) electrons. The zero-order valence-corrected chi connectivity index (χ0v) is 13.7. The number of nitrogens with zero attached hydrogens (tertiary/aromatic N) is 4. The van der Waals surface area contributed by atoms with Crippen LogP contribution in [0.25, 0.3) is 15.7 Å². The van der Waals surface area contributed by atoms with Crippen LogP contribution in [0.4, 0.5) is 0 Å². The van der Waals surface area contributed by atoms with Gasteiger partial charge in [0.15, 0.2) is 0 Å². The third-order valence-electron chi connectivity index (χ3n) is 4.16. The van der Waals surface area contributed by atoms with E-state index in [1.54, 1.807) is 26.9 Å². The number of pyridine rings is 1. The normalized spacial score (nSPS) is 11.4. The van der Waals surface area contributed by atoms with Crippen LogP contribution in [0, 0.1) is 0 Å². The zero-order chi connectivity index (χ0) is 16.0. The Morgan fingerprint density at radius 3 is 3.00 bits per heavy atom. The molecule has 1 amide bonds. The number of hydrogen-bond acceptors (Lipinski definition) is 3. The van der Waals surface area contributed by atoms with Gasteiger partial charge in [-0.2, -0.15) is 5.10 Å². The van der Waals surface area contributed by atoms with Crippen LogP contribution in [0.15, 0.2) is 48.1 Å². The fourth-order valence-electron chi connectivity index (χ4n) is 2.84. The molecule has 4 rings (SSSR count). The monoisotopic (exact) mass is 324 g/mol. The number of rotatable bonds is 3. The topological polar surface area (TPSA) is 42.5 Å². The lowest BCUT2D eigenvalue weighted by molar-refractivity contribution is 0.0782. The van der Waals surface area contributed by atoms with Crippen molar-refractivity contribution in [1.82, 2.24) is 19.1 Å². The van der Waals surface area contributed by atoms with Gasteiger partial charge in [0.2, 0.25) is 0 Å². The SMILES string of the molecule is CN(Cc1cc2sccc2n1C)C(=O)c1ccn2nccc2c1. The van der Waals surface area contributed by atoms with Crippen LogP contribution < -0.4 is 0 Å². The smallest absolute Gasteiger partial charge is 0.254 e. The Balaban J connectivity index is 1.60. The number of hydrogen-bond donors (Lipinski definition) is 0. The van der Waals surface area contributed by atoms with E-state index in [1.807, 2.05) is 38.5 Å². The Kier molecular flexibility index (Phi) is 3.20.